The highest BCUT2D eigenvalue weighted by Crippen LogP contribution is 2.30. The van der Waals surface area contributed by atoms with Crippen LogP contribution in [0.1, 0.15) is 27.2 Å². The molecule has 0 heterocycles. The van der Waals surface area contributed by atoms with Crippen LogP contribution in [0.25, 0.3) is 0 Å². The Bertz CT molecular complexity index is 199. The van der Waals surface area contributed by atoms with Crippen molar-refractivity contribution in [3.63, 3.8) is 0 Å². The van der Waals surface area contributed by atoms with Crippen LogP contribution in [-0.4, -0.2) is 15.4 Å². The number of Topliss-reactive ketones (excluding diaryl/α,β-unsaturated/α-hetero) is 2. The van der Waals surface area contributed by atoms with Crippen LogP contribution in [0.15, 0.2) is 0 Å². The first-order valence-electron chi connectivity index (χ1n) is 3.68. The molecule has 0 bridgehead atoms. The summed E-state index contributed by atoms with van der Waals surface area (Å²) in [6, 6.07) is 0. The molecule has 0 amide bonds. The maximum atomic E-state index is 11.3. The van der Waals surface area contributed by atoms with Gasteiger partial charge in [0.1, 0.15) is 5.78 Å². The van der Waals surface area contributed by atoms with Gasteiger partial charge in [0.15, 0.2) is 5.78 Å². The van der Waals surface area contributed by atoms with E-state index in [0.29, 0.717) is 0 Å². The van der Waals surface area contributed by atoms with Gasteiger partial charge in [0.2, 0.25) is 3.79 Å². The fourth-order valence-electron chi connectivity index (χ4n) is 0.511. The molecule has 0 N–H and O–H groups in total. The molecule has 0 aromatic carbocycles. The van der Waals surface area contributed by atoms with E-state index in [9.17, 15) is 9.59 Å². The van der Waals surface area contributed by atoms with Crippen LogP contribution in [0.4, 0.5) is 0 Å². The van der Waals surface area contributed by atoms with Crippen molar-refractivity contribution in [1.82, 2.24) is 0 Å². The lowest BCUT2D eigenvalue weighted by Gasteiger charge is -2.17. The molecule has 0 fully saturated rings. The summed E-state index contributed by atoms with van der Waals surface area (Å²) in [5, 5.41) is 0. The molecule has 0 aliphatic heterocycles. The molecule has 0 aromatic heterocycles. The summed E-state index contributed by atoms with van der Waals surface area (Å²) >= 11 is 15.9. The van der Waals surface area contributed by atoms with Gasteiger partial charge in [-0.25, -0.2) is 0 Å². The fourth-order valence-corrected chi connectivity index (χ4v) is 0.712. The molecular weight excluding hydrogens is 234 g/mol. The zero-order valence-electron chi connectivity index (χ0n) is 7.66. The lowest BCUT2D eigenvalue weighted by Crippen LogP contribution is -2.28. The molecule has 76 valence electrons. The van der Waals surface area contributed by atoms with Crippen LogP contribution in [0.2, 0.25) is 0 Å². The van der Waals surface area contributed by atoms with Gasteiger partial charge in [-0.15, -0.1) is 0 Å². The van der Waals surface area contributed by atoms with Gasteiger partial charge < -0.3 is 0 Å². The highest BCUT2D eigenvalue weighted by atomic mass is 35.6. The number of hydrogen-bond acceptors (Lipinski definition) is 2. The summed E-state index contributed by atoms with van der Waals surface area (Å²) in [6.45, 7) is 5.13. The molecule has 0 atom stereocenters. The van der Waals surface area contributed by atoms with Gasteiger partial charge in [-0.2, -0.15) is 0 Å². The molecule has 0 unspecified atom stereocenters. The molecule has 0 saturated carbocycles. The molecule has 0 aliphatic rings. The van der Waals surface area contributed by atoms with Crippen molar-refractivity contribution in [2.45, 2.75) is 31.0 Å². The summed E-state index contributed by atoms with van der Waals surface area (Å²) in [4.78, 5) is 22.4. The lowest BCUT2D eigenvalue weighted by molar-refractivity contribution is -0.131. The van der Waals surface area contributed by atoms with E-state index in [2.05, 4.69) is 0 Å². The average Bonchev–Trinajstić information content (AvgIpc) is 1.82. The first-order valence-corrected chi connectivity index (χ1v) is 4.82. The third kappa shape index (κ3) is 4.84. The molecule has 5 heteroatoms. The lowest BCUT2D eigenvalue weighted by atomic mass is 9.88. The second-order valence-electron chi connectivity index (χ2n) is 3.77. The van der Waals surface area contributed by atoms with Crippen LogP contribution in [0.5, 0.6) is 0 Å². The van der Waals surface area contributed by atoms with E-state index in [-0.39, 0.29) is 12.2 Å². The average molecular weight is 246 g/mol. The van der Waals surface area contributed by atoms with Gasteiger partial charge >= 0.3 is 0 Å². The molecule has 0 radical (unpaired) electrons. The summed E-state index contributed by atoms with van der Waals surface area (Å²) in [6.07, 6.45) is -0.333. The van der Waals surface area contributed by atoms with Crippen molar-refractivity contribution < 1.29 is 9.59 Å². The Morgan fingerprint density at radius 1 is 1.00 bits per heavy atom. The highest BCUT2D eigenvalue weighted by molar-refractivity contribution is 6.76. The van der Waals surface area contributed by atoms with Crippen molar-refractivity contribution in [1.29, 1.82) is 0 Å². The fraction of sp³-hybridized carbons (Fsp3) is 0.750. The second kappa shape index (κ2) is 4.16. The Balaban J connectivity index is 4.34. The minimum atomic E-state index is -1.99. The highest BCUT2D eigenvalue weighted by Gasteiger charge is 2.34. The predicted molar refractivity (Wildman–Crippen MR) is 54.4 cm³/mol. The van der Waals surface area contributed by atoms with Gasteiger partial charge in [-0.1, -0.05) is 55.6 Å². The van der Waals surface area contributed by atoms with E-state index in [1.807, 2.05) is 0 Å². The number of carbonyl (C=O) groups is 2. The molecular formula is C8H11Cl3O2. The third-order valence-electron chi connectivity index (χ3n) is 1.47. The van der Waals surface area contributed by atoms with Crippen molar-refractivity contribution in [2.24, 2.45) is 5.41 Å². The molecule has 0 aliphatic carbocycles. The summed E-state index contributed by atoms with van der Waals surface area (Å²) in [7, 11) is 0. The topological polar surface area (TPSA) is 34.1 Å². The van der Waals surface area contributed by atoms with E-state index in [1.54, 1.807) is 20.8 Å². The maximum Gasteiger partial charge on any atom is 0.249 e. The summed E-state index contributed by atoms with van der Waals surface area (Å²) in [5.41, 5.74) is -0.578. The number of hydrogen-bond donors (Lipinski definition) is 0. The van der Waals surface area contributed by atoms with Crippen molar-refractivity contribution in [3.8, 4) is 0 Å². The Morgan fingerprint density at radius 3 is 1.62 bits per heavy atom. The smallest absolute Gasteiger partial charge is 0.249 e. The summed E-state index contributed by atoms with van der Waals surface area (Å²) < 4.78 is -1.99. The maximum absolute atomic E-state index is 11.3. The Kier molecular flexibility index (Phi) is 4.23. The Hall–Kier alpha value is 0.210. The number of halogens is 3. The van der Waals surface area contributed by atoms with Gasteiger partial charge in [-0.05, 0) is 0 Å². The van der Waals surface area contributed by atoms with Crippen LogP contribution in [0.3, 0.4) is 0 Å². The molecule has 0 aromatic rings. The molecule has 0 spiro atoms. The van der Waals surface area contributed by atoms with Gasteiger partial charge in [0.25, 0.3) is 0 Å². The largest absolute Gasteiger partial charge is 0.299 e. The first-order chi connectivity index (χ1) is 5.55. The van der Waals surface area contributed by atoms with E-state index in [1.165, 1.54) is 0 Å². The van der Waals surface area contributed by atoms with E-state index < -0.39 is 15.0 Å². The van der Waals surface area contributed by atoms with Crippen LogP contribution < -0.4 is 0 Å². The number of carbonyl (C=O) groups excluding carboxylic acids is 2. The quantitative estimate of drug-likeness (QED) is 0.554. The van der Waals surface area contributed by atoms with E-state index >= 15 is 0 Å². The molecule has 0 rings (SSSR count). The number of rotatable bonds is 2. The summed E-state index contributed by atoms with van der Waals surface area (Å²) in [5.74, 6) is -0.916. The van der Waals surface area contributed by atoms with Crippen molar-refractivity contribution in [3.05, 3.63) is 0 Å². The minimum absolute atomic E-state index is 0.233. The van der Waals surface area contributed by atoms with Gasteiger partial charge in [0.05, 0.1) is 6.42 Å². The monoisotopic (exact) mass is 244 g/mol. The third-order valence-corrected chi connectivity index (χ3v) is 2.11. The van der Waals surface area contributed by atoms with Gasteiger partial charge in [0, 0.05) is 5.41 Å². The zero-order chi connectivity index (χ0) is 10.9. The Morgan fingerprint density at radius 2 is 1.38 bits per heavy atom. The van der Waals surface area contributed by atoms with Gasteiger partial charge in [-0.3, -0.25) is 9.59 Å². The van der Waals surface area contributed by atoms with Crippen LogP contribution in [0, 0.1) is 5.41 Å². The Labute approximate surface area is 92.5 Å². The van der Waals surface area contributed by atoms with Crippen LogP contribution >= 0.6 is 34.8 Å². The van der Waals surface area contributed by atoms with Crippen molar-refractivity contribution in [2.75, 3.05) is 0 Å². The SMILES string of the molecule is CC(C)(C)C(=O)CC(=O)C(Cl)(Cl)Cl. The van der Waals surface area contributed by atoms with Crippen LogP contribution in [-0.2, 0) is 9.59 Å². The predicted octanol–water partition coefficient (Wildman–Crippen LogP) is 2.93. The first kappa shape index (κ1) is 13.2. The molecule has 13 heavy (non-hydrogen) atoms. The zero-order valence-corrected chi connectivity index (χ0v) is 9.93. The standard InChI is InChI=1S/C8H11Cl3O2/c1-7(2,3)5(12)4-6(13)8(9,10)11/h4H2,1-3H3. The minimum Gasteiger partial charge on any atom is -0.299 e. The van der Waals surface area contributed by atoms with Crippen molar-refractivity contribution >= 4 is 46.4 Å². The molecule has 2 nitrogen and oxygen atoms in total. The van der Waals surface area contributed by atoms with E-state index in [0.717, 1.165) is 0 Å². The van der Waals surface area contributed by atoms with E-state index in [4.69, 9.17) is 34.8 Å². The number of ketones is 2. The normalized spacial score (nSPS) is 12.8. The molecule has 0 saturated heterocycles. The number of alkyl halides is 3. The second-order valence-corrected chi connectivity index (χ2v) is 6.05.